The van der Waals surface area contributed by atoms with Crippen LogP contribution >= 0.6 is 0 Å². The normalized spacial score (nSPS) is 17.6. The summed E-state index contributed by atoms with van der Waals surface area (Å²) in [5.74, 6) is -1.97. The fraction of sp³-hybridized carbons (Fsp3) is 0.323. The van der Waals surface area contributed by atoms with Gasteiger partial charge in [-0.2, -0.15) is 5.26 Å². The first kappa shape index (κ1) is 27.1. The Morgan fingerprint density at radius 2 is 1.90 bits per heavy atom. The number of nitrogens with one attached hydrogen (secondary N) is 1. The number of nitriles is 1. The number of aryl methyl sites for hydroxylation is 1. The van der Waals surface area contributed by atoms with Crippen LogP contribution < -0.4 is 5.32 Å². The number of halogens is 2. The van der Waals surface area contributed by atoms with Gasteiger partial charge in [-0.25, -0.2) is 18.7 Å². The zero-order chi connectivity index (χ0) is 28.4. The molecule has 3 aromatic rings. The highest BCUT2D eigenvalue weighted by atomic mass is 19.2. The molecule has 1 N–H and O–H groups in total. The lowest BCUT2D eigenvalue weighted by atomic mass is 9.90. The van der Waals surface area contributed by atoms with Crippen molar-refractivity contribution in [3.8, 4) is 6.07 Å². The summed E-state index contributed by atoms with van der Waals surface area (Å²) in [6.07, 6.45) is 7.21. The maximum Gasteiger partial charge on any atom is 0.180 e. The van der Waals surface area contributed by atoms with Crippen LogP contribution in [0.25, 0.3) is 11.3 Å². The SMILES string of the molecule is C=C(C)N1CCN(C(=C)c2ccc(Nc3nccn4c(C5CC=C(CCC#N)C(F)=C5F)cnc34)cc2C)CC1. The second kappa shape index (κ2) is 11.3. The number of benzene rings is 1. The predicted octanol–water partition coefficient (Wildman–Crippen LogP) is 6.77. The smallest absolute Gasteiger partial charge is 0.180 e. The van der Waals surface area contributed by atoms with Gasteiger partial charge >= 0.3 is 0 Å². The third kappa shape index (κ3) is 5.22. The Kier molecular flexibility index (Phi) is 7.69. The number of imidazole rings is 1. The minimum absolute atomic E-state index is 0.147. The van der Waals surface area contributed by atoms with Crippen molar-refractivity contribution in [2.75, 3.05) is 31.5 Å². The quantitative estimate of drug-likeness (QED) is 0.339. The van der Waals surface area contributed by atoms with E-state index in [-0.39, 0.29) is 18.4 Å². The molecule has 0 radical (unpaired) electrons. The Balaban J connectivity index is 1.33. The van der Waals surface area contributed by atoms with E-state index >= 15 is 4.39 Å². The van der Waals surface area contributed by atoms with Crippen LogP contribution in [0.5, 0.6) is 0 Å². The number of anilines is 2. The summed E-state index contributed by atoms with van der Waals surface area (Å²) in [7, 11) is 0. The molecule has 0 amide bonds. The second-order valence-corrected chi connectivity index (χ2v) is 10.3. The number of aromatic nitrogens is 3. The molecular weight excluding hydrogens is 508 g/mol. The molecule has 5 rings (SSSR count). The van der Waals surface area contributed by atoms with Crippen LogP contribution in [0.2, 0.25) is 0 Å². The summed E-state index contributed by atoms with van der Waals surface area (Å²) in [4.78, 5) is 13.6. The topological polar surface area (TPSA) is 72.5 Å². The number of hydrogen-bond donors (Lipinski definition) is 1. The van der Waals surface area contributed by atoms with Gasteiger partial charge in [0.15, 0.2) is 17.3 Å². The van der Waals surface area contributed by atoms with Gasteiger partial charge in [0, 0.05) is 67.6 Å². The molecule has 9 heteroatoms. The van der Waals surface area contributed by atoms with Gasteiger partial charge in [-0.1, -0.05) is 25.3 Å². The Morgan fingerprint density at radius 3 is 2.60 bits per heavy atom. The van der Waals surface area contributed by atoms with Gasteiger partial charge in [0.2, 0.25) is 0 Å². The van der Waals surface area contributed by atoms with Crippen LogP contribution in [0.4, 0.5) is 20.3 Å². The molecule has 0 bridgehead atoms. The number of allylic oxidation sites excluding steroid dienone is 5. The number of fused-ring (bicyclic) bond motifs is 1. The summed E-state index contributed by atoms with van der Waals surface area (Å²) in [6, 6.07) is 8.07. The molecule has 3 heterocycles. The number of hydrogen-bond acceptors (Lipinski definition) is 6. The van der Waals surface area contributed by atoms with Crippen LogP contribution in [0.1, 0.15) is 48.9 Å². The van der Waals surface area contributed by atoms with E-state index in [0.29, 0.717) is 23.6 Å². The van der Waals surface area contributed by atoms with E-state index in [1.165, 1.54) is 0 Å². The molecule has 1 saturated heterocycles. The van der Waals surface area contributed by atoms with Crippen molar-refractivity contribution < 1.29 is 8.78 Å². The third-order valence-electron chi connectivity index (χ3n) is 7.72. The van der Waals surface area contributed by atoms with Crippen molar-refractivity contribution in [1.29, 1.82) is 5.26 Å². The number of nitrogens with zero attached hydrogens (tertiary/aromatic N) is 6. The molecule has 1 unspecified atom stereocenters. The van der Waals surface area contributed by atoms with Crippen molar-refractivity contribution in [2.45, 2.75) is 39.0 Å². The van der Waals surface area contributed by atoms with Gasteiger partial charge in [-0.3, -0.25) is 4.40 Å². The molecule has 0 spiro atoms. The molecule has 1 aliphatic carbocycles. The molecule has 7 nitrogen and oxygen atoms in total. The maximum atomic E-state index is 15.1. The van der Waals surface area contributed by atoms with Crippen molar-refractivity contribution in [3.05, 3.63) is 95.8 Å². The lowest BCUT2D eigenvalue weighted by molar-refractivity contribution is 0.214. The molecule has 1 fully saturated rings. The third-order valence-corrected chi connectivity index (χ3v) is 7.72. The highest BCUT2D eigenvalue weighted by molar-refractivity contribution is 5.73. The highest BCUT2D eigenvalue weighted by Crippen LogP contribution is 2.40. The van der Waals surface area contributed by atoms with Gasteiger partial charge in [0.1, 0.15) is 5.83 Å². The summed E-state index contributed by atoms with van der Waals surface area (Å²) < 4.78 is 31.6. The molecule has 1 aliphatic heterocycles. The standard InChI is InChI=1S/C31H33F2N7/c1-20(2)38-14-16-39(17-15-38)22(4)25-10-8-24(18-21(25)3)37-30-31-36-19-27(40(31)13-12-35-30)26-9-7-23(6-5-11-34)28(32)29(26)33/h7-8,10,12-13,18-19,26H,1,4-6,9,14-17H2,2-3H3,(H,35,37). The van der Waals surface area contributed by atoms with Crippen LogP contribution in [-0.2, 0) is 0 Å². The van der Waals surface area contributed by atoms with E-state index in [1.54, 1.807) is 29.1 Å². The first-order chi connectivity index (χ1) is 19.3. The molecule has 40 heavy (non-hydrogen) atoms. The fourth-order valence-corrected chi connectivity index (χ4v) is 5.43. The Labute approximate surface area is 233 Å². The van der Waals surface area contributed by atoms with Crippen molar-refractivity contribution in [3.63, 3.8) is 0 Å². The van der Waals surface area contributed by atoms with Crippen LogP contribution in [0.3, 0.4) is 0 Å². The molecule has 1 atom stereocenters. The average Bonchev–Trinajstić information content (AvgIpc) is 3.38. The largest absolute Gasteiger partial charge is 0.372 e. The Morgan fingerprint density at radius 1 is 1.15 bits per heavy atom. The second-order valence-electron chi connectivity index (χ2n) is 10.3. The highest BCUT2D eigenvalue weighted by Gasteiger charge is 2.29. The monoisotopic (exact) mass is 541 g/mol. The van der Waals surface area contributed by atoms with Crippen molar-refractivity contribution >= 4 is 22.8 Å². The fourth-order valence-electron chi connectivity index (χ4n) is 5.43. The number of rotatable bonds is 8. The lowest BCUT2D eigenvalue weighted by Crippen LogP contribution is -2.44. The van der Waals surface area contributed by atoms with Crippen molar-refractivity contribution in [1.82, 2.24) is 24.2 Å². The van der Waals surface area contributed by atoms with E-state index in [2.05, 4.69) is 51.2 Å². The van der Waals surface area contributed by atoms with E-state index in [0.717, 1.165) is 54.4 Å². The Hall–Kier alpha value is -4.45. The minimum atomic E-state index is -0.872. The molecular formula is C31H33F2N7. The van der Waals surface area contributed by atoms with E-state index in [1.807, 2.05) is 25.1 Å². The van der Waals surface area contributed by atoms with Gasteiger partial charge in [0.25, 0.3) is 0 Å². The van der Waals surface area contributed by atoms with E-state index in [4.69, 9.17) is 5.26 Å². The summed E-state index contributed by atoms with van der Waals surface area (Å²) in [5.41, 5.74) is 6.42. The molecule has 0 saturated carbocycles. The van der Waals surface area contributed by atoms with Crippen molar-refractivity contribution in [2.24, 2.45) is 0 Å². The zero-order valence-corrected chi connectivity index (χ0v) is 22.9. The van der Waals surface area contributed by atoms with E-state index < -0.39 is 17.6 Å². The molecule has 2 aliphatic rings. The van der Waals surface area contributed by atoms with Crippen LogP contribution in [0.15, 0.2) is 78.9 Å². The van der Waals surface area contributed by atoms with Gasteiger partial charge < -0.3 is 15.1 Å². The first-order valence-electron chi connectivity index (χ1n) is 13.4. The van der Waals surface area contributed by atoms with Gasteiger partial charge in [-0.05, 0) is 50.0 Å². The van der Waals surface area contributed by atoms with Gasteiger partial charge in [0.05, 0.1) is 23.9 Å². The average molecular weight is 542 g/mol. The summed E-state index contributed by atoms with van der Waals surface area (Å²) in [6.45, 7) is 16.2. The van der Waals surface area contributed by atoms with Gasteiger partial charge in [-0.15, -0.1) is 0 Å². The lowest BCUT2D eigenvalue weighted by Gasteiger charge is -2.38. The molecule has 2 aromatic heterocycles. The maximum absolute atomic E-state index is 15.1. The zero-order valence-electron chi connectivity index (χ0n) is 22.9. The summed E-state index contributed by atoms with van der Waals surface area (Å²) in [5, 5.41) is 12.1. The first-order valence-corrected chi connectivity index (χ1v) is 13.4. The molecule has 206 valence electrons. The Bertz CT molecular complexity index is 1570. The number of piperazine rings is 1. The van der Waals surface area contributed by atoms with Crippen LogP contribution in [-0.4, -0.2) is 50.3 Å². The van der Waals surface area contributed by atoms with Crippen LogP contribution in [0, 0.1) is 18.3 Å². The predicted molar refractivity (Wildman–Crippen MR) is 154 cm³/mol. The minimum Gasteiger partial charge on any atom is -0.372 e. The van der Waals surface area contributed by atoms with E-state index in [9.17, 15) is 4.39 Å². The summed E-state index contributed by atoms with van der Waals surface area (Å²) >= 11 is 0. The molecule has 1 aromatic carbocycles.